The monoisotopic (exact) mass is 441 g/mol. The number of fused-ring (bicyclic) bond motifs is 2. The van der Waals surface area contributed by atoms with Crippen LogP contribution in [0.2, 0.25) is 0 Å². The van der Waals surface area contributed by atoms with Gasteiger partial charge in [0, 0.05) is 37.1 Å². The molecule has 2 amide bonds. The maximum Gasteiger partial charge on any atom is 0.254 e. The lowest BCUT2D eigenvalue weighted by atomic mass is 10.00. The van der Waals surface area contributed by atoms with Gasteiger partial charge in [-0.15, -0.1) is 0 Å². The number of carbonyl (C=O) groups excluding carboxylic acids is 2. The van der Waals surface area contributed by atoms with Crippen molar-refractivity contribution < 1.29 is 9.59 Å². The fourth-order valence-corrected chi connectivity index (χ4v) is 4.17. The van der Waals surface area contributed by atoms with Crippen molar-refractivity contribution in [2.24, 2.45) is 0 Å². The Bertz CT molecular complexity index is 1390. The summed E-state index contributed by atoms with van der Waals surface area (Å²) in [5.74, 6) is 0.619. The first-order valence-electron chi connectivity index (χ1n) is 11.0. The Balaban J connectivity index is 1.32. The molecule has 0 atom stereocenters. The van der Waals surface area contributed by atoms with Gasteiger partial charge in [-0.05, 0) is 61.7 Å². The molecule has 0 bridgehead atoms. The molecule has 33 heavy (non-hydrogen) atoms. The standard InChI is InChI=1S/C26H27N5O2/c1-26(2,3)31-10-9-19(15-31)24(32)27-13-23-28-21-8-7-17(12-22(21)29-23)16-5-6-18-14-30(4)25(33)20(18)11-16/h5-12,15H,13-14H2,1-4H3,(H,27,32)(H,28,29). The van der Waals surface area contributed by atoms with Gasteiger partial charge in [0.15, 0.2) is 0 Å². The van der Waals surface area contributed by atoms with Crippen LogP contribution >= 0.6 is 0 Å². The number of amides is 2. The summed E-state index contributed by atoms with van der Waals surface area (Å²) in [5.41, 5.74) is 6.10. The number of nitrogens with one attached hydrogen (secondary N) is 2. The van der Waals surface area contributed by atoms with Crippen molar-refractivity contribution in [1.82, 2.24) is 24.8 Å². The lowest BCUT2D eigenvalue weighted by molar-refractivity contribution is 0.0816. The summed E-state index contributed by atoms with van der Waals surface area (Å²) in [5, 5.41) is 2.94. The lowest BCUT2D eigenvalue weighted by Gasteiger charge is -2.20. The molecule has 2 aromatic heterocycles. The number of imidazole rings is 1. The second-order valence-electron chi connectivity index (χ2n) is 9.61. The molecule has 3 heterocycles. The van der Waals surface area contributed by atoms with E-state index in [0.717, 1.165) is 33.3 Å². The summed E-state index contributed by atoms with van der Waals surface area (Å²) in [6.45, 7) is 7.25. The van der Waals surface area contributed by atoms with E-state index >= 15 is 0 Å². The summed E-state index contributed by atoms with van der Waals surface area (Å²) in [6, 6.07) is 13.9. The first-order chi connectivity index (χ1) is 15.7. The molecule has 0 aliphatic carbocycles. The molecule has 168 valence electrons. The van der Waals surface area contributed by atoms with Gasteiger partial charge in [0.05, 0.1) is 23.1 Å². The first kappa shape index (κ1) is 21.0. The molecule has 0 unspecified atom stereocenters. The van der Waals surface area contributed by atoms with Crippen LogP contribution in [-0.2, 0) is 18.6 Å². The number of carbonyl (C=O) groups is 2. The predicted octanol–water partition coefficient (Wildman–Crippen LogP) is 4.30. The van der Waals surface area contributed by atoms with E-state index in [-0.39, 0.29) is 17.4 Å². The van der Waals surface area contributed by atoms with E-state index in [1.165, 1.54) is 0 Å². The van der Waals surface area contributed by atoms with E-state index in [9.17, 15) is 9.59 Å². The van der Waals surface area contributed by atoms with Crippen LogP contribution in [0.15, 0.2) is 54.9 Å². The Labute approximate surface area is 192 Å². The Hall–Kier alpha value is -3.87. The van der Waals surface area contributed by atoms with Gasteiger partial charge < -0.3 is 19.8 Å². The van der Waals surface area contributed by atoms with Crippen molar-refractivity contribution in [2.75, 3.05) is 7.05 Å². The molecule has 0 fully saturated rings. The van der Waals surface area contributed by atoms with Gasteiger partial charge >= 0.3 is 0 Å². The van der Waals surface area contributed by atoms with E-state index in [0.29, 0.717) is 24.5 Å². The molecule has 0 spiro atoms. The van der Waals surface area contributed by atoms with Crippen molar-refractivity contribution in [1.29, 1.82) is 0 Å². The molecule has 1 aliphatic heterocycles. The molecule has 5 rings (SSSR count). The summed E-state index contributed by atoms with van der Waals surface area (Å²) >= 11 is 0. The first-order valence-corrected chi connectivity index (χ1v) is 11.0. The van der Waals surface area contributed by atoms with Gasteiger partial charge in [-0.3, -0.25) is 9.59 Å². The van der Waals surface area contributed by atoms with Gasteiger partial charge in [0.1, 0.15) is 5.82 Å². The number of H-pyrrole nitrogens is 1. The highest BCUT2D eigenvalue weighted by Gasteiger charge is 2.24. The number of rotatable bonds is 4. The van der Waals surface area contributed by atoms with Gasteiger partial charge in [-0.2, -0.15) is 0 Å². The van der Waals surface area contributed by atoms with Gasteiger partial charge in [-0.25, -0.2) is 4.98 Å². The normalized spacial score (nSPS) is 13.6. The van der Waals surface area contributed by atoms with Crippen LogP contribution in [-0.4, -0.2) is 38.3 Å². The van der Waals surface area contributed by atoms with Crippen LogP contribution in [0.3, 0.4) is 0 Å². The number of aromatic amines is 1. The number of hydrogen-bond acceptors (Lipinski definition) is 3. The molecule has 7 nitrogen and oxygen atoms in total. The van der Waals surface area contributed by atoms with E-state index in [1.807, 2.05) is 66.5 Å². The zero-order valence-electron chi connectivity index (χ0n) is 19.3. The summed E-state index contributed by atoms with van der Waals surface area (Å²) < 4.78 is 2.02. The average Bonchev–Trinajstić information content (AvgIpc) is 3.49. The third kappa shape index (κ3) is 3.91. The van der Waals surface area contributed by atoms with E-state index in [2.05, 4.69) is 36.1 Å². The molecular weight excluding hydrogens is 414 g/mol. The van der Waals surface area contributed by atoms with Crippen LogP contribution in [0.4, 0.5) is 0 Å². The maximum absolute atomic E-state index is 12.6. The molecule has 4 aromatic rings. The second-order valence-corrected chi connectivity index (χ2v) is 9.61. The highest BCUT2D eigenvalue weighted by atomic mass is 16.2. The Morgan fingerprint density at radius 2 is 1.88 bits per heavy atom. The van der Waals surface area contributed by atoms with Crippen molar-refractivity contribution >= 4 is 22.8 Å². The Morgan fingerprint density at radius 3 is 2.64 bits per heavy atom. The van der Waals surface area contributed by atoms with Crippen LogP contribution in [0.1, 0.15) is 52.9 Å². The molecule has 0 saturated carbocycles. The summed E-state index contributed by atoms with van der Waals surface area (Å²) in [6.07, 6.45) is 3.78. The molecular formula is C26H27N5O2. The quantitative estimate of drug-likeness (QED) is 0.495. The highest BCUT2D eigenvalue weighted by Crippen LogP contribution is 2.29. The number of benzene rings is 2. The number of hydrogen-bond donors (Lipinski definition) is 2. The van der Waals surface area contributed by atoms with Crippen LogP contribution < -0.4 is 5.32 Å². The number of aromatic nitrogens is 3. The topological polar surface area (TPSA) is 83.0 Å². The van der Waals surface area contributed by atoms with Crippen molar-refractivity contribution in [3.63, 3.8) is 0 Å². The molecule has 2 N–H and O–H groups in total. The molecule has 7 heteroatoms. The number of nitrogens with zero attached hydrogens (tertiary/aromatic N) is 3. The van der Waals surface area contributed by atoms with Crippen molar-refractivity contribution in [2.45, 2.75) is 39.4 Å². The van der Waals surface area contributed by atoms with Crippen LogP contribution in [0, 0.1) is 0 Å². The molecule has 2 aromatic carbocycles. The van der Waals surface area contributed by atoms with E-state index in [1.54, 1.807) is 4.90 Å². The van der Waals surface area contributed by atoms with E-state index in [4.69, 9.17) is 0 Å². The summed E-state index contributed by atoms with van der Waals surface area (Å²) in [4.78, 5) is 34.5. The van der Waals surface area contributed by atoms with Crippen molar-refractivity contribution in [3.05, 3.63) is 77.4 Å². The van der Waals surface area contributed by atoms with Crippen LogP contribution in [0.5, 0.6) is 0 Å². The van der Waals surface area contributed by atoms with Crippen LogP contribution in [0.25, 0.3) is 22.2 Å². The molecule has 1 aliphatic rings. The minimum atomic E-state index is -0.132. The van der Waals surface area contributed by atoms with Gasteiger partial charge in [0.2, 0.25) is 0 Å². The lowest BCUT2D eigenvalue weighted by Crippen LogP contribution is -2.24. The third-order valence-electron chi connectivity index (χ3n) is 6.10. The SMILES string of the molecule is CN1Cc2ccc(-c3ccc4nc(CNC(=O)c5ccn(C(C)(C)C)c5)[nH]c4c3)cc2C1=O. The molecule has 0 saturated heterocycles. The summed E-state index contributed by atoms with van der Waals surface area (Å²) in [7, 11) is 1.82. The third-order valence-corrected chi connectivity index (χ3v) is 6.10. The maximum atomic E-state index is 12.6. The highest BCUT2D eigenvalue weighted by molar-refractivity contribution is 5.99. The fraction of sp³-hybridized carbons (Fsp3) is 0.269. The Morgan fingerprint density at radius 1 is 1.12 bits per heavy atom. The minimum absolute atomic E-state index is 0.0605. The predicted molar refractivity (Wildman–Crippen MR) is 128 cm³/mol. The second kappa shape index (κ2) is 7.62. The van der Waals surface area contributed by atoms with Gasteiger partial charge in [0.25, 0.3) is 11.8 Å². The van der Waals surface area contributed by atoms with Gasteiger partial charge in [-0.1, -0.05) is 18.2 Å². The average molecular weight is 442 g/mol. The smallest absolute Gasteiger partial charge is 0.254 e. The van der Waals surface area contributed by atoms with E-state index < -0.39 is 0 Å². The fourth-order valence-electron chi connectivity index (χ4n) is 4.17. The largest absolute Gasteiger partial charge is 0.348 e. The zero-order chi connectivity index (χ0) is 23.3. The zero-order valence-corrected chi connectivity index (χ0v) is 19.3. The van der Waals surface area contributed by atoms with Crippen molar-refractivity contribution in [3.8, 4) is 11.1 Å². The molecule has 0 radical (unpaired) electrons. The minimum Gasteiger partial charge on any atom is -0.348 e. The Kier molecular flexibility index (Phi) is 4.85.